The highest BCUT2D eigenvalue weighted by molar-refractivity contribution is 5.63. The molecule has 2 heteroatoms. The number of benzene rings is 1. The Kier molecular flexibility index (Phi) is 4.51. The van der Waals surface area contributed by atoms with E-state index in [4.69, 9.17) is 0 Å². The van der Waals surface area contributed by atoms with Gasteiger partial charge in [0.2, 0.25) is 0 Å². The van der Waals surface area contributed by atoms with Crippen molar-refractivity contribution in [3.05, 3.63) is 28.3 Å². The van der Waals surface area contributed by atoms with Crippen LogP contribution in [0, 0.1) is 27.7 Å². The molecule has 1 aromatic carbocycles. The summed E-state index contributed by atoms with van der Waals surface area (Å²) in [6, 6.07) is 2.96. The van der Waals surface area contributed by atoms with Crippen molar-refractivity contribution in [2.24, 2.45) is 0 Å². The SMILES string of the molecule is Cc1cc(C)c(C)c(N(C)CC2CCCCN2)c1C. The summed E-state index contributed by atoms with van der Waals surface area (Å²) in [7, 11) is 2.24. The zero-order valence-electron chi connectivity index (χ0n) is 13.1. The molecule has 1 saturated heterocycles. The Balaban J connectivity index is 2.20. The van der Waals surface area contributed by atoms with Crippen LogP contribution in [-0.2, 0) is 0 Å². The van der Waals surface area contributed by atoms with Crippen molar-refractivity contribution in [2.45, 2.75) is 53.0 Å². The average molecular weight is 260 g/mol. The van der Waals surface area contributed by atoms with Crippen LogP contribution in [0.15, 0.2) is 6.07 Å². The molecule has 1 aliphatic rings. The molecule has 1 fully saturated rings. The summed E-state index contributed by atoms with van der Waals surface area (Å²) in [6.07, 6.45) is 4.02. The lowest BCUT2D eigenvalue weighted by molar-refractivity contribution is 0.403. The van der Waals surface area contributed by atoms with Gasteiger partial charge in [0, 0.05) is 25.3 Å². The van der Waals surface area contributed by atoms with Crippen LogP contribution in [-0.4, -0.2) is 26.2 Å². The molecule has 1 aliphatic heterocycles. The fraction of sp³-hybridized carbons (Fsp3) is 0.647. The molecule has 0 bridgehead atoms. The van der Waals surface area contributed by atoms with Gasteiger partial charge >= 0.3 is 0 Å². The number of piperidine rings is 1. The highest BCUT2D eigenvalue weighted by Crippen LogP contribution is 2.29. The maximum Gasteiger partial charge on any atom is 0.0428 e. The van der Waals surface area contributed by atoms with Gasteiger partial charge in [-0.2, -0.15) is 0 Å². The fourth-order valence-electron chi connectivity index (χ4n) is 3.27. The molecular formula is C17H28N2. The third-order valence-electron chi connectivity index (χ3n) is 4.61. The zero-order valence-corrected chi connectivity index (χ0v) is 13.1. The number of likely N-dealkylation sites (N-methyl/N-ethyl adjacent to an activating group) is 1. The lowest BCUT2D eigenvalue weighted by Crippen LogP contribution is -2.42. The summed E-state index contributed by atoms with van der Waals surface area (Å²) in [4.78, 5) is 2.45. The van der Waals surface area contributed by atoms with Crippen molar-refractivity contribution in [1.82, 2.24) is 5.32 Å². The maximum atomic E-state index is 3.65. The second kappa shape index (κ2) is 5.96. The number of nitrogens with zero attached hydrogens (tertiary/aromatic N) is 1. The maximum absolute atomic E-state index is 3.65. The lowest BCUT2D eigenvalue weighted by atomic mass is 9.97. The molecule has 0 radical (unpaired) electrons. The minimum Gasteiger partial charge on any atom is -0.373 e. The number of nitrogens with one attached hydrogen (secondary N) is 1. The van der Waals surface area contributed by atoms with E-state index < -0.39 is 0 Å². The molecule has 2 rings (SSSR count). The van der Waals surface area contributed by atoms with Crippen LogP contribution >= 0.6 is 0 Å². The Morgan fingerprint density at radius 3 is 2.26 bits per heavy atom. The quantitative estimate of drug-likeness (QED) is 0.895. The first-order chi connectivity index (χ1) is 9.00. The van der Waals surface area contributed by atoms with E-state index in [9.17, 15) is 0 Å². The minimum absolute atomic E-state index is 0.651. The van der Waals surface area contributed by atoms with Gasteiger partial charge in [-0.15, -0.1) is 0 Å². The Hall–Kier alpha value is -1.02. The molecule has 0 spiro atoms. The van der Waals surface area contributed by atoms with Crippen molar-refractivity contribution in [1.29, 1.82) is 0 Å². The summed E-state index contributed by atoms with van der Waals surface area (Å²) < 4.78 is 0. The smallest absolute Gasteiger partial charge is 0.0428 e. The van der Waals surface area contributed by atoms with Crippen LogP contribution < -0.4 is 10.2 Å². The topological polar surface area (TPSA) is 15.3 Å². The number of aryl methyl sites for hydroxylation is 2. The molecule has 1 heterocycles. The molecule has 1 unspecified atom stereocenters. The van der Waals surface area contributed by atoms with Gasteiger partial charge in [-0.05, 0) is 69.3 Å². The van der Waals surface area contributed by atoms with Gasteiger partial charge in [0.15, 0.2) is 0 Å². The Morgan fingerprint density at radius 1 is 1.11 bits per heavy atom. The Bertz CT molecular complexity index is 419. The minimum atomic E-state index is 0.651. The van der Waals surface area contributed by atoms with E-state index in [0.29, 0.717) is 6.04 Å². The largest absolute Gasteiger partial charge is 0.373 e. The van der Waals surface area contributed by atoms with E-state index in [-0.39, 0.29) is 0 Å². The molecule has 106 valence electrons. The number of rotatable bonds is 3. The van der Waals surface area contributed by atoms with Gasteiger partial charge < -0.3 is 10.2 Å². The highest BCUT2D eigenvalue weighted by Gasteiger charge is 2.18. The van der Waals surface area contributed by atoms with E-state index in [1.807, 2.05) is 0 Å². The van der Waals surface area contributed by atoms with Gasteiger partial charge in [-0.1, -0.05) is 12.5 Å². The second-order valence-corrected chi connectivity index (χ2v) is 6.14. The van der Waals surface area contributed by atoms with Gasteiger partial charge in [-0.3, -0.25) is 0 Å². The van der Waals surface area contributed by atoms with Gasteiger partial charge in [0.1, 0.15) is 0 Å². The van der Waals surface area contributed by atoms with Crippen molar-refractivity contribution in [3.8, 4) is 0 Å². The summed E-state index contributed by atoms with van der Waals surface area (Å²) in [5.41, 5.74) is 7.11. The van der Waals surface area contributed by atoms with Crippen LogP contribution in [0.1, 0.15) is 41.5 Å². The third-order valence-corrected chi connectivity index (χ3v) is 4.61. The molecule has 1 N–H and O–H groups in total. The summed E-state index contributed by atoms with van der Waals surface area (Å²) in [5.74, 6) is 0. The Morgan fingerprint density at radius 2 is 1.74 bits per heavy atom. The van der Waals surface area contributed by atoms with E-state index in [1.165, 1.54) is 53.7 Å². The molecule has 19 heavy (non-hydrogen) atoms. The van der Waals surface area contributed by atoms with Crippen molar-refractivity contribution in [3.63, 3.8) is 0 Å². The van der Waals surface area contributed by atoms with Crippen LogP contribution in [0.3, 0.4) is 0 Å². The predicted molar refractivity (Wildman–Crippen MR) is 84.3 cm³/mol. The molecule has 2 nitrogen and oxygen atoms in total. The zero-order chi connectivity index (χ0) is 14.0. The molecule has 1 atom stereocenters. The van der Waals surface area contributed by atoms with Gasteiger partial charge in [0.25, 0.3) is 0 Å². The van der Waals surface area contributed by atoms with E-state index in [2.05, 4.69) is 51.0 Å². The Labute approximate surface area is 118 Å². The summed E-state index contributed by atoms with van der Waals surface area (Å²) in [6.45, 7) is 11.2. The number of anilines is 1. The molecule has 0 amide bonds. The number of hydrogen-bond acceptors (Lipinski definition) is 2. The van der Waals surface area contributed by atoms with Gasteiger partial charge in [0.05, 0.1) is 0 Å². The normalized spacial score (nSPS) is 19.5. The summed E-state index contributed by atoms with van der Waals surface area (Å²) >= 11 is 0. The molecular weight excluding hydrogens is 232 g/mol. The average Bonchev–Trinajstić information content (AvgIpc) is 2.38. The molecule has 0 aliphatic carbocycles. The van der Waals surface area contributed by atoms with Crippen molar-refractivity contribution in [2.75, 3.05) is 25.0 Å². The van der Waals surface area contributed by atoms with Crippen molar-refractivity contribution >= 4 is 5.69 Å². The predicted octanol–water partition coefficient (Wildman–Crippen LogP) is 3.50. The van der Waals surface area contributed by atoms with Crippen LogP contribution in [0.4, 0.5) is 5.69 Å². The van der Waals surface area contributed by atoms with Crippen molar-refractivity contribution < 1.29 is 0 Å². The first-order valence-electron chi connectivity index (χ1n) is 7.52. The first-order valence-corrected chi connectivity index (χ1v) is 7.52. The van der Waals surface area contributed by atoms with E-state index in [1.54, 1.807) is 0 Å². The van der Waals surface area contributed by atoms with E-state index in [0.717, 1.165) is 6.54 Å². The molecule has 0 aromatic heterocycles. The second-order valence-electron chi connectivity index (χ2n) is 6.14. The summed E-state index contributed by atoms with van der Waals surface area (Å²) in [5, 5.41) is 3.65. The molecule has 1 aromatic rings. The standard InChI is InChI=1S/C17H28N2/c1-12-10-13(2)15(4)17(14(12)3)19(5)11-16-8-6-7-9-18-16/h10,16,18H,6-9,11H2,1-5H3. The monoisotopic (exact) mass is 260 g/mol. The first kappa shape index (κ1) is 14.4. The van der Waals surface area contributed by atoms with Crippen LogP contribution in [0.5, 0.6) is 0 Å². The number of hydrogen-bond donors (Lipinski definition) is 1. The van der Waals surface area contributed by atoms with Crippen LogP contribution in [0.25, 0.3) is 0 Å². The lowest BCUT2D eigenvalue weighted by Gasteiger charge is -2.32. The highest BCUT2D eigenvalue weighted by atomic mass is 15.1. The van der Waals surface area contributed by atoms with Crippen LogP contribution in [0.2, 0.25) is 0 Å². The molecule has 0 saturated carbocycles. The van der Waals surface area contributed by atoms with E-state index >= 15 is 0 Å². The fourth-order valence-corrected chi connectivity index (χ4v) is 3.27. The third kappa shape index (κ3) is 3.11. The van der Waals surface area contributed by atoms with Gasteiger partial charge in [-0.25, -0.2) is 0 Å².